The van der Waals surface area contributed by atoms with Crippen molar-refractivity contribution in [3.05, 3.63) is 5.56 Å². The minimum atomic E-state index is -0.156. The minimum absolute atomic E-state index is 0. The summed E-state index contributed by atoms with van der Waals surface area (Å²) < 4.78 is 0. The van der Waals surface area contributed by atoms with Crippen molar-refractivity contribution in [2.45, 2.75) is 38.7 Å². The summed E-state index contributed by atoms with van der Waals surface area (Å²) in [5.41, 5.74) is 1.26. The second-order valence-corrected chi connectivity index (χ2v) is 5.99. The van der Waals surface area contributed by atoms with Crippen molar-refractivity contribution in [3.8, 4) is 0 Å². The number of rotatable bonds is 4. The monoisotopic (exact) mass is 327 g/mol. The van der Waals surface area contributed by atoms with Crippen LogP contribution in [-0.4, -0.2) is 54.4 Å². The van der Waals surface area contributed by atoms with Gasteiger partial charge in [0, 0.05) is 38.8 Å². The summed E-state index contributed by atoms with van der Waals surface area (Å²) in [4.78, 5) is 13.9. The van der Waals surface area contributed by atoms with E-state index in [1.165, 1.54) is 5.56 Å². The van der Waals surface area contributed by atoms with Gasteiger partial charge in [0.15, 0.2) is 0 Å². The van der Waals surface area contributed by atoms with Crippen molar-refractivity contribution in [3.63, 3.8) is 0 Å². The van der Waals surface area contributed by atoms with Gasteiger partial charge in [0.1, 0.15) is 11.6 Å². The van der Waals surface area contributed by atoms with Crippen LogP contribution < -0.4 is 15.1 Å². The maximum atomic E-state index is 9.70. The first-order valence-corrected chi connectivity index (χ1v) is 7.98. The van der Waals surface area contributed by atoms with Gasteiger partial charge in [-0.2, -0.15) is 9.97 Å². The number of fused-ring (bicyclic) bond motifs is 1. The Hall–Kier alpha value is -1.27. The van der Waals surface area contributed by atoms with Gasteiger partial charge in [-0.1, -0.05) is 6.92 Å². The van der Waals surface area contributed by atoms with Gasteiger partial charge in [0.2, 0.25) is 5.95 Å². The van der Waals surface area contributed by atoms with Gasteiger partial charge in [-0.25, -0.2) is 0 Å². The van der Waals surface area contributed by atoms with Crippen LogP contribution in [0.1, 0.15) is 31.7 Å². The first-order chi connectivity index (χ1) is 10.2. The molecule has 6 nitrogen and oxygen atoms in total. The summed E-state index contributed by atoms with van der Waals surface area (Å²) in [5.74, 6) is 2.85. The third-order valence-corrected chi connectivity index (χ3v) is 4.32. The van der Waals surface area contributed by atoms with Gasteiger partial charge in [-0.3, -0.25) is 0 Å². The molecule has 2 N–H and O–H groups in total. The highest BCUT2D eigenvalue weighted by Crippen LogP contribution is 2.34. The number of piperidine rings is 1. The molecule has 3 rings (SSSR count). The summed E-state index contributed by atoms with van der Waals surface area (Å²) in [7, 11) is 2.09. The predicted octanol–water partition coefficient (Wildman–Crippen LogP) is 1.67. The van der Waals surface area contributed by atoms with Gasteiger partial charge < -0.3 is 20.2 Å². The second kappa shape index (κ2) is 7.33. The molecular weight excluding hydrogens is 302 g/mol. The highest BCUT2D eigenvalue weighted by molar-refractivity contribution is 5.85. The standard InChI is InChI=1S/C15H25N5O.ClH/c1-3-7-16-15-17-13-12(6-8-19(13)2)14(18-15)20-9-4-11(21)5-10-20;/h11,21H,3-10H2,1-2H3,(H,16,17,18);1H. The number of nitrogens with one attached hydrogen (secondary N) is 1. The Bertz CT molecular complexity index is 505. The molecule has 124 valence electrons. The summed E-state index contributed by atoms with van der Waals surface area (Å²) >= 11 is 0. The molecule has 1 saturated heterocycles. The summed E-state index contributed by atoms with van der Waals surface area (Å²) in [6, 6.07) is 0. The number of aliphatic hydroxyl groups excluding tert-OH is 1. The van der Waals surface area contributed by atoms with Crippen LogP contribution in [0.15, 0.2) is 0 Å². The quantitative estimate of drug-likeness (QED) is 0.877. The van der Waals surface area contributed by atoms with Crippen molar-refractivity contribution < 1.29 is 5.11 Å². The van der Waals surface area contributed by atoms with E-state index in [1.807, 2.05) is 0 Å². The van der Waals surface area contributed by atoms with Crippen molar-refractivity contribution >= 4 is 30.0 Å². The SMILES string of the molecule is CCCNc1nc2c(c(N3CCC(O)CC3)n1)CCN2C.Cl. The van der Waals surface area contributed by atoms with Crippen molar-refractivity contribution in [2.24, 2.45) is 0 Å². The Labute approximate surface area is 138 Å². The highest BCUT2D eigenvalue weighted by atomic mass is 35.5. The molecule has 0 aliphatic carbocycles. The molecule has 0 atom stereocenters. The van der Waals surface area contributed by atoms with E-state index < -0.39 is 0 Å². The van der Waals surface area contributed by atoms with Crippen molar-refractivity contribution in [1.29, 1.82) is 0 Å². The average molecular weight is 328 g/mol. The molecule has 0 spiro atoms. The lowest BCUT2D eigenvalue weighted by Crippen LogP contribution is -2.37. The van der Waals surface area contributed by atoms with E-state index in [9.17, 15) is 5.11 Å². The number of halogens is 1. The molecule has 0 unspecified atom stereocenters. The van der Waals surface area contributed by atoms with E-state index in [1.54, 1.807) is 0 Å². The lowest BCUT2D eigenvalue weighted by Gasteiger charge is -2.32. The summed E-state index contributed by atoms with van der Waals surface area (Å²) in [6.07, 6.45) is 3.56. The van der Waals surface area contributed by atoms with Gasteiger partial charge >= 0.3 is 0 Å². The van der Waals surface area contributed by atoms with Gasteiger partial charge in [-0.15, -0.1) is 12.4 Å². The second-order valence-electron chi connectivity index (χ2n) is 5.99. The van der Waals surface area contributed by atoms with Gasteiger partial charge in [-0.05, 0) is 25.7 Å². The molecule has 0 saturated carbocycles. The Morgan fingerprint density at radius 2 is 1.86 bits per heavy atom. The van der Waals surface area contributed by atoms with Crippen LogP contribution in [0.25, 0.3) is 0 Å². The summed E-state index contributed by atoms with van der Waals surface area (Å²) in [5, 5.41) is 13.0. The zero-order valence-corrected chi connectivity index (χ0v) is 14.2. The molecule has 0 bridgehead atoms. The minimum Gasteiger partial charge on any atom is -0.393 e. The van der Waals surface area contributed by atoms with Gasteiger partial charge in [0.25, 0.3) is 0 Å². The molecule has 22 heavy (non-hydrogen) atoms. The fourth-order valence-corrected chi connectivity index (χ4v) is 3.04. The highest BCUT2D eigenvalue weighted by Gasteiger charge is 2.28. The third kappa shape index (κ3) is 3.38. The largest absolute Gasteiger partial charge is 0.393 e. The predicted molar refractivity (Wildman–Crippen MR) is 92.5 cm³/mol. The third-order valence-electron chi connectivity index (χ3n) is 4.32. The fourth-order valence-electron chi connectivity index (χ4n) is 3.04. The smallest absolute Gasteiger partial charge is 0.226 e. The Balaban J connectivity index is 0.00000176. The van der Waals surface area contributed by atoms with Crippen LogP contribution >= 0.6 is 12.4 Å². The number of hydrogen-bond donors (Lipinski definition) is 2. The number of aromatic nitrogens is 2. The topological polar surface area (TPSA) is 64.5 Å². The molecular formula is C15H26ClN5O. The average Bonchev–Trinajstić information content (AvgIpc) is 2.87. The lowest BCUT2D eigenvalue weighted by molar-refractivity contribution is 0.145. The van der Waals surface area contributed by atoms with E-state index in [0.717, 1.165) is 69.4 Å². The van der Waals surface area contributed by atoms with Crippen LogP contribution in [0.5, 0.6) is 0 Å². The lowest BCUT2D eigenvalue weighted by atomic mass is 10.1. The first kappa shape index (κ1) is 17.1. The number of aliphatic hydroxyl groups is 1. The molecule has 1 aromatic rings. The van der Waals surface area contributed by atoms with Crippen molar-refractivity contribution in [2.75, 3.05) is 48.3 Å². The molecule has 0 amide bonds. The van der Waals surface area contributed by atoms with E-state index in [4.69, 9.17) is 4.98 Å². The molecule has 0 aromatic carbocycles. The van der Waals surface area contributed by atoms with Gasteiger partial charge in [0.05, 0.1) is 6.10 Å². The van der Waals surface area contributed by atoms with Crippen LogP contribution in [0, 0.1) is 0 Å². The number of likely N-dealkylation sites (N-methyl/N-ethyl adjacent to an activating group) is 1. The number of anilines is 3. The number of hydrogen-bond acceptors (Lipinski definition) is 6. The number of nitrogens with zero attached hydrogens (tertiary/aromatic N) is 4. The maximum Gasteiger partial charge on any atom is 0.226 e. The van der Waals surface area contributed by atoms with Crippen LogP contribution in [0.4, 0.5) is 17.6 Å². The summed E-state index contributed by atoms with van der Waals surface area (Å²) in [6.45, 7) is 5.79. The molecule has 0 radical (unpaired) electrons. The molecule has 2 aliphatic rings. The normalized spacial score (nSPS) is 18.1. The van der Waals surface area contributed by atoms with E-state index in [2.05, 4.69) is 34.1 Å². The molecule has 2 aliphatic heterocycles. The zero-order chi connectivity index (χ0) is 14.8. The first-order valence-electron chi connectivity index (χ1n) is 7.98. The van der Waals surface area contributed by atoms with Crippen LogP contribution in [-0.2, 0) is 6.42 Å². The Morgan fingerprint density at radius 1 is 1.18 bits per heavy atom. The molecule has 7 heteroatoms. The Morgan fingerprint density at radius 3 is 2.55 bits per heavy atom. The Kier molecular flexibility index (Phi) is 5.69. The molecule has 1 fully saturated rings. The zero-order valence-electron chi connectivity index (χ0n) is 13.4. The van der Waals surface area contributed by atoms with Crippen LogP contribution in [0.2, 0.25) is 0 Å². The van der Waals surface area contributed by atoms with E-state index in [0.29, 0.717) is 0 Å². The van der Waals surface area contributed by atoms with E-state index in [-0.39, 0.29) is 18.5 Å². The maximum absolute atomic E-state index is 9.70. The van der Waals surface area contributed by atoms with Crippen LogP contribution in [0.3, 0.4) is 0 Å². The van der Waals surface area contributed by atoms with E-state index >= 15 is 0 Å². The molecule has 3 heterocycles. The fraction of sp³-hybridized carbons (Fsp3) is 0.733. The molecule has 1 aromatic heterocycles. The van der Waals surface area contributed by atoms with Crippen molar-refractivity contribution in [1.82, 2.24) is 9.97 Å².